The highest BCUT2D eigenvalue weighted by atomic mass is 16.2. The normalized spacial score (nSPS) is 12.6. The molecule has 0 spiro atoms. The summed E-state index contributed by atoms with van der Waals surface area (Å²) in [6.07, 6.45) is 0.824. The van der Waals surface area contributed by atoms with E-state index in [4.69, 9.17) is 0 Å². The molecule has 1 atom stereocenters. The Morgan fingerprint density at radius 3 is 2.75 bits per heavy atom. The van der Waals surface area contributed by atoms with Gasteiger partial charge in [0.15, 0.2) is 5.52 Å². The Morgan fingerprint density at radius 1 is 1.40 bits per heavy atom. The predicted molar refractivity (Wildman–Crippen MR) is 73.2 cm³/mol. The number of hydrogen-bond donors (Lipinski definition) is 1. The lowest BCUT2D eigenvalue weighted by Crippen LogP contribution is -2.38. The van der Waals surface area contributed by atoms with Crippen molar-refractivity contribution in [3.63, 3.8) is 0 Å². The van der Waals surface area contributed by atoms with E-state index < -0.39 is 5.56 Å². The minimum Gasteiger partial charge on any atom is -0.352 e. The van der Waals surface area contributed by atoms with Gasteiger partial charge in [-0.1, -0.05) is 12.1 Å². The minimum absolute atomic E-state index is 0.0620. The fraction of sp³-hybridized carbons (Fsp3) is 0.583. The highest BCUT2D eigenvalue weighted by Gasteiger charge is 2.15. The van der Waals surface area contributed by atoms with Gasteiger partial charge in [-0.15, -0.1) is 5.10 Å². The molecule has 2 rings (SSSR count). The van der Waals surface area contributed by atoms with Crippen molar-refractivity contribution in [2.45, 2.75) is 39.8 Å². The molecule has 0 unspecified atom stereocenters. The quantitative estimate of drug-likeness (QED) is 0.832. The summed E-state index contributed by atoms with van der Waals surface area (Å²) < 4.78 is 2.61. The number of hydrogen-bond acceptors (Lipinski definition) is 5. The van der Waals surface area contributed by atoms with Crippen molar-refractivity contribution in [2.24, 2.45) is 7.05 Å². The third-order valence-electron chi connectivity index (χ3n) is 3.31. The summed E-state index contributed by atoms with van der Waals surface area (Å²) in [6, 6.07) is 0.0620. The van der Waals surface area contributed by atoms with Crippen LogP contribution in [0.1, 0.15) is 26.0 Å². The van der Waals surface area contributed by atoms with Crippen molar-refractivity contribution in [2.75, 3.05) is 0 Å². The number of carbonyl (C=O) groups is 1. The van der Waals surface area contributed by atoms with Crippen LogP contribution in [0, 0.1) is 6.92 Å². The SMILES string of the molecule is CC[C@@H](C)NC(=O)Cn1nnc2c(C)n(C)nc2c1=O. The summed E-state index contributed by atoms with van der Waals surface area (Å²) in [6.45, 7) is 5.53. The first-order valence-corrected chi connectivity index (χ1v) is 6.50. The van der Waals surface area contributed by atoms with E-state index in [-0.39, 0.29) is 24.0 Å². The largest absolute Gasteiger partial charge is 0.352 e. The van der Waals surface area contributed by atoms with Gasteiger partial charge < -0.3 is 5.32 Å². The van der Waals surface area contributed by atoms with Crippen molar-refractivity contribution in [3.8, 4) is 0 Å². The van der Waals surface area contributed by atoms with Crippen molar-refractivity contribution in [1.82, 2.24) is 30.1 Å². The zero-order valence-corrected chi connectivity index (χ0v) is 12.0. The molecule has 2 aromatic rings. The van der Waals surface area contributed by atoms with Gasteiger partial charge in [-0.2, -0.15) is 9.78 Å². The van der Waals surface area contributed by atoms with Crippen molar-refractivity contribution >= 4 is 16.9 Å². The maximum Gasteiger partial charge on any atom is 0.298 e. The molecule has 0 fully saturated rings. The number of carbonyl (C=O) groups excluding carboxylic acids is 1. The number of aryl methyl sites for hydroxylation is 2. The third kappa shape index (κ3) is 2.54. The number of aromatic nitrogens is 5. The Bertz CT molecular complexity index is 702. The summed E-state index contributed by atoms with van der Waals surface area (Å²) in [5.41, 5.74) is 1.06. The van der Waals surface area contributed by atoms with Gasteiger partial charge in [0.25, 0.3) is 5.56 Å². The second kappa shape index (κ2) is 5.40. The summed E-state index contributed by atoms with van der Waals surface area (Å²) in [5, 5.41) is 14.6. The molecule has 108 valence electrons. The zero-order valence-electron chi connectivity index (χ0n) is 12.0. The smallest absolute Gasteiger partial charge is 0.298 e. The number of nitrogens with one attached hydrogen (secondary N) is 1. The first kappa shape index (κ1) is 14.2. The number of amides is 1. The fourth-order valence-corrected chi connectivity index (χ4v) is 1.78. The summed E-state index contributed by atoms with van der Waals surface area (Å²) >= 11 is 0. The molecule has 8 nitrogen and oxygen atoms in total. The van der Waals surface area contributed by atoms with Crippen molar-refractivity contribution in [3.05, 3.63) is 16.0 Å². The Balaban J connectivity index is 2.30. The molecule has 0 saturated carbocycles. The molecule has 2 aromatic heterocycles. The molecular weight excluding hydrogens is 260 g/mol. The Kier molecular flexibility index (Phi) is 3.82. The highest BCUT2D eigenvalue weighted by molar-refractivity contribution is 5.77. The zero-order chi connectivity index (χ0) is 14.9. The van der Waals surface area contributed by atoms with E-state index in [2.05, 4.69) is 20.7 Å². The molecule has 0 radical (unpaired) electrons. The van der Waals surface area contributed by atoms with Gasteiger partial charge in [-0.05, 0) is 20.3 Å². The van der Waals surface area contributed by atoms with Gasteiger partial charge in [0.2, 0.25) is 5.91 Å². The van der Waals surface area contributed by atoms with E-state index in [0.29, 0.717) is 5.52 Å². The lowest BCUT2D eigenvalue weighted by atomic mass is 10.2. The van der Waals surface area contributed by atoms with E-state index >= 15 is 0 Å². The molecule has 0 bridgehead atoms. The van der Waals surface area contributed by atoms with E-state index in [1.165, 1.54) is 0 Å². The number of nitrogens with zero attached hydrogens (tertiary/aromatic N) is 5. The molecular formula is C12H18N6O2. The molecule has 2 heterocycles. The molecule has 0 aliphatic carbocycles. The van der Waals surface area contributed by atoms with Crippen LogP contribution in [0.5, 0.6) is 0 Å². The van der Waals surface area contributed by atoms with Crippen LogP contribution in [0.4, 0.5) is 0 Å². The Morgan fingerprint density at radius 2 is 2.10 bits per heavy atom. The van der Waals surface area contributed by atoms with Crippen molar-refractivity contribution < 1.29 is 4.79 Å². The monoisotopic (exact) mass is 278 g/mol. The molecule has 1 amide bonds. The first-order valence-electron chi connectivity index (χ1n) is 6.50. The topological polar surface area (TPSA) is 94.7 Å². The molecule has 0 aromatic carbocycles. The number of fused-ring (bicyclic) bond motifs is 1. The van der Waals surface area contributed by atoms with Gasteiger partial charge >= 0.3 is 0 Å². The average Bonchev–Trinajstić information content (AvgIpc) is 2.70. The summed E-state index contributed by atoms with van der Waals surface area (Å²) in [7, 11) is 1.73. The van der Waals surface area contributed by atoms with E-state index in [0.717, 1.165) is 16.8 Å². The van der Waals surface area contributed by atoms with Gasteiger partial charge in [0.1, 0.15) is 12.1 Å². The van der Waals surface area contributed by atoms with Crippen LogP contribution < -0.4 is 10.9 Å². The van der Waals surface area contributed by atoms with E-state index in [1.807, 2.05) is 20.8 Å². The van der Waals surface area contributed by atoms with Gasteiger partial charge in [-0.3, -0.25) is 14.3 Å². The molecule has 0 saturated heterocycles. The molecule has 0 aliphatic heterocycles. The first-order chi connectivity index (χ1) is 9.43. The van der Waals surface area contributed by atoms with Crippen LogP contribution in [0.3, 0.4) is 0 Å². The minimum atomic E-state index is -0.405. The number of rotatable bonds is 4. The van der Waals surface area contributed by atoms with Crippen LogP contribution >= 0.6 is 0 Å². The molecule has 1 N–H and O–H groups in total. The van der Waals surface area contributed by atoms with Crippen LogP contribution in [-0.2, 0) is 18.4 Å². The van der Waals surface area contributed by atoms with E-state index in [1.54, 1.807) is 11.7 Å². The van der Waals surface area contributed by atoms with Crippen LogP contribution in [0.15, 0.2) is 4.79 Å². The maximum absolute atomic E-state index is 12.2. The second-order valence-corrected chi connectivity index (χ2v) is 4.84. The standard InChI is InChI=1S/C12H18N6O2/c1-5-7(2)13-9(19)6-18-12(20)11-10(14-16-18)8(3)17(4)15-11/h7H,5-6H2,1-4H3,(H,13,19)/t7-/m1/s1. The van der Waals surface area contributed by atoms with Crippen molar-refractivity contribution in [1.29, 1.82) is 0 Å². The van der Waals surface area contributed by atoms with Crippen LogP contribution in [-0.4, -0.2) is 36.7 Å². The van der Waals surface area contributed by atoms with E-state index in [9.17, 15) is 9.59 Å². The van der Waals surface area contributed by atoms with Gasteiger partial charge in [0, 0.05) is 13.1 Å². The summed E-state index contributed by atoms with van der Waals surface area (Å²) in [5.74, 6) is -0.261. The molecule has 8 heteroatoms. The fourth-order valence-electron chi connectivity index (χ4n) is 1.78. The van der Waals surface area contributed by atoms with Gasteiger partial charge in [-0.25, -0.2) is 0 Å². The Labute approximate surface area is 115 Å². The second-order valence-electron chi connectivity index (χ2n) is 4.84. The average molecular weight is 278 g/mol. The molecule has 0 aliphatic rings. The molecule has 20 heavy (non-hydrogen) atoms. The lowest BCUT2D eigenvalue weighted by Gasteiger charge is -2.11. The Hall–Kier alpha value is -2.25. The van der Waals surface area contributed by atoms with Crippen LogP contribution in [0.2, 0.25) is 0 Å². The van der Waals surface area contributed by atoms with Gasteiger partial charge in [0.05, 0.1) is 5.69 Å². The third-order valence-corrected chi connectivity index (χ3v) is 3.31. The van der Waals surface area contributed by atoms with Crippen LogP contribution in [0.25, 0.3) is 11.0 Å². The lowest BCUT2D eigenvalue weighted by molar-refractivity contribution is -0.122. The summed E-state index contributed by atoms with van der Waals surface area (Å²) in [4.78, 5) is 24.0. The predicted octanol–water partition coefficient (Wildman–Crippen LogP) is -0.252. The maximum atomic E-state index is 12.2. The highest BCUT2D eigenvalue weighted by Crippen LogP contribution is 2.08.